The Morgan fingerprint density at radius 2 is 2.17 bits per heavy atom. The summed E-state index contributed by atoms with van der Waals surface area (Å²) in [6, 6.07) is 0.474. The smallest absolute Gasteiger partial charge is 0.193 e. The van der Waals surface area contributed by atoms with Crippen LogP contribution in [0.2, 0.25) is 0 Å². The predicted molar refractivity (Wildman–Crippen MR) is 93.6 cm³/mol. The van der Waals surface area contributed by atoms with Crippen LogP contribution in [0, 0.1) is 11.8 Å². The lowest BCUT2D eigenvalue weighted by atomic mass is 9.93. The molecule has 6 heteroatoms. The Labute approximate surface area is 139 Å². The van der Waals surface area contributed by atoms with E-state index in [1.165, 1.54) is 25.9 Å². The Morgan fingerprint density at radius 1 is 1.30 bits per heavy atom. The van der Waals surface area contributed by atoms with Crippen LogP contribution in [0.15, 0.2) is 23.7 Å². The summed E-state index contributed by atoms with van der Waals surface area (Å²) in [6.07, 6.45) is 8.37. The number of guanidine groups is 1. The third-order valence-electron chi connectivity index (χ3n) is 5.38. The molecule has 2 saturated heterocycles. The SMILES string of the molecule is CN=C(NCC1CCN(C)C1)N1CCC(C)C(n2ccnc2)C1. The minimum Gasteiger partial charge on any atom is -0.356 e. The lowest BCUT2D eigenvalue weighted by molar-refractivity contribution is 0.188. The van der Waals surface area contributed by atoms with Crippen LogP contribution in [0.1, 0.15) is 25.8 Å². The molecule has 0 spiro atoms. The zero-order valence-corrected chi connectivity index (χ0v) is 14.6. The maximum atomic E-state index is 4.53. The van der Waals surface area contributed by atoms with E-state index < -0.39 is 0 Å². The van der Waals surface area contributed by atoms with Gasteiger partial charge in [0.05, 0.1) is 12.4 Å². The molecule has 3 heterocycles. The molecule has 23 heavy (non-hydrogen) atoms. The van der Waals surface area contributed by atoms with Gasteiger partial charge in [0.2, 0.25) is 0 Å². The minimum absolute atomic E-state index is 0.474. The molecule has 2 aliphatic heterocycles. The van der Waals surface area contributed by atoms with Crippen molar-refractivity contribution in [3.8, 4) is 0 Å². The van der Waals surface area contributed by atoms with E-state index in [9.17, 15) is 0 Å². The summed E-state index contributed by atoms with van der Waals surface area (Å²) in [5, 5.41) is 3.61. The number of hydrogen-bond acceptors (Lipinski definition) is 3. The first-order valence-corrected chi connectivity index (χ1v) is 8.79. The molecule has 2 aliphatic rings. The molecule has 0 saturated carbocycles. The van der Waals surface area contributed by atoms with Crippen LogP contribution < -0.4 is 5.32 Å². The number of piperidine rings is 1. The largest absolute Gasteiger partial charge is 0.356 e. The van der Waals surface area contributed by atoms with Crippen molar-refractivity contribution in [3.05, 3.63) is 18.7 Å². The Morgan fingerprint density at radius 3 is 2.83 bits per heavy atom. The molecule has 128 valence electrons. The van der Waals surface area contributed by atoms with E-state index >= 15 is 0 Å². The third-order valence-corrected chi connectivity index (χ3v) is 5.38. The second-order valence-corrected chi connectivity index (χ2v) is 7.13. The van der Waals surface area contributed by atoms with E-state index in [2.05, 4.69) is 49.8 Å². The van der Waals surface area contributed by atoms with Crippen molar-refractivity contribution in [1.82, 2.24) is 24.7 Å². The Bertz CT molecular complexity index is 511. The molecule has 6 nitrogen and oxygen atoms in total. The number of aliphatic imine (C=N–C) groups is 1. The van der Waals surface area contributed by atoms with Gasteiger partial charge in [-0.2, -0.15) is 0 Å². The first-order chi connectivity index (χ1) is 11.2. The molecule has 3 unspecified atom stereocenters. The van der Waals surface area contributed by atoms with Crippen LogP contribution in [0.5, 0.6) is 0 Å². The summed E-state index contributed by atoms with van der Waals surface area (Å²) in [4.78, 5) is 13.6. The highest BCUT2D eigenvalue weighted by molar-refractivity contribution is 5.80. The van der Waals surface area contributed by atoms with Gasteiger partial charge < -0.3 is 19.7 Å². The van der Waals surface area contributed by atoms with E-state index in [-0.39, 0.29) is 0 Å². The fourth-order valence-corrected chi connectivity index (χ4v) is 3.86. The molecule has 1 aromatic heterocycles. The molecule has 0 bridgehead atoms. The first kappa shape index (κ1) is 16.3. The summed E-state index contributed by atoms with van der Waals surface area (Å²) < 4.78 is 2.25. The van der Waals surface area contributed by atoms with E-state index in [0.717, 1.165) is 31.5 Å². The average molecular weight is 318 g/mol. The van der Waals surface area contributed by atoms with Gasteiger partial charge in [-0.05, 0) is 38.3 Å². The Balaban J connectivity index is 1.58. The number of likely N-dealkylation sites (tertiary alicyclic amines) is 2. The summed E-state index contributed by atoms with van der Waals surface area (Å²) in [6.45, 7) is 7.86. The fourth-order valence-electron chi connectivity index (χ4n) is 3.86. The van der Waals surface area contributed by atoms with Crippen molar-refractivity contribution in [2.24, 2.45) is 16.8 Å². The maximum Gasteiger partial charge on any atom is 0.193 e. The molecular weight excluding hydrogens is 288 g/mol. The maximum absolute atomic E-state index is 4.53. The summed E-state index contributed by atoms with van der Waals surface area (Å²) >= 11 is 0. The highest BCUT2D eigenvalue weighted by Crippen LogP contribution is 2.27. The minimum atomic E-state index is 0.474. The standard InChI is InChI=1S/C17H30N6/c1-14-4-8-22(12-16(14)23-9-6-19-13-23)17(18-2)20-10-15-5-7-21(3)11-15/h6,9,13-16H,4-5,7-8,10-12H2,1-3H3,(H,18,20). The summed E-state index contributed by atoms with van der Waals surface area (Å²) in [5.41, 5.74) is 0. The van der Waals surface area contributed by atoms with Crippen molar-refractivity contribution >= 4 is 5.96 Å². The van der Waals surface area contributed by atoms with Crippen LogP contribution in [0.3, 0.4) is 0 Å². The molecular formula is C17H30N6. The van der Waals surface area contributed by atoms with E-state index in [4.69, 9.17) is 0 Å². The van der Waals surface area contributed by atoms with Crippen LogP contribution in [-0.4, -0.2) is 72.1 Å². The van der Waals surface area contributed by atoms with Gasteiger partial charge >= 0.3 is 0 Å². The first-order valence-electron chi connectivity index (χ1n) is 8.79. The lowest BCUT2D eigenvalue weighted by Crippen LogP contribution is -2.49. The van der Waals surface area contributed by atoms with Crippen LogP contribution in [0.4, 0.5) is 0 Å². The van der Waals surface area contributed by atoms with Gasteiger partial charge in [0.15, 0.2) is 5.96 Å². The molecule has 1 aromatic rings. The van der Waals surface area contributed by atoms with Gasteiger partial charge in [-0.1, -0.05) is 6.92 Å². The fraction of sp³-hybridized carbons (Fsp3) is 0.765. The molecule has 2 fully saturated rings. The van der Waals surface area contributed by atoms with E-state index in [1.807, 2.05) is 19.6 Å². The highest BCUT2D eigenvalue weighted by atomic mass is 15.3. The topological polar surface area (TPSA) is 48.7 Å². The second kappa shape index (κ2) is 7.34. The monoisotopic (exact) mass is 318 g/mol. The van der Waals surface area contributed by atoms with E-state index in [1.54, 1.807) is 0 Å². The van der Waals surface area contributed by atoms with Gasteiger partial charge in [0, 0.05) is 45.6 Å². The lowest BCUT2D eigenvalue weighted by Gasteiger charge is -2.39. The molecule has 0 amide bonds. The van der Waals surface area contributed by atoms with Crippen LogP contribution >= 0.6 is 0 Å². The van der Waals surface area contributed by atoms with Gasteiger partial charge in [-0.15, -0.1) is 0 Å². The second-order valence-electron chi connectivity index (χ2n) is 7.13. The Hall–Kier alpha value is -1.56. The summed E-state index contributed by atoms with van der Waals surface area (Å²) in [5.74, 6) is 2.46. The quantitative estimate of drug-likeness (QED) is 0.674. The number of rotatable bonds is 3. The molecule has 3 atom stereocenters. The molecule has 0 aliphatic carbocycles. The molecule has 3 rings (SSSR count). The van der Waals surface area contributed by atoms with Crippen LogP contribution in [0.25, 0.3) is 0 Å². The molecule has 0 radical (unpaired) electrons. The summed E-state index contributed by atoms with van der Waals surface area (Å²) in [7, 11) is 4.10. The highest BCUT2D eigenvalue weighted by Gasteiger charge is 2.29. The van der Waals surface area contributed by atoms with Gasteiger partial charge in [-0.25, -0.2) is 4.98 Å². The number of hydrogen-bond donors (Lipinski definition) is 1. The number of imidazole rings is 1. The van der Waals surface area contributed by atoms with E-state index in [0.29, 0.717) is 12.0 Å². The third kappa shape index (κ3) is 3.86. The molecule has 0 aromatic carbocycles. The number of nitrogens with one attached hydrogen (secondary N) is 1. The van der Waals surface area contributed by atoms with Crippen molar-refractivity contribution in [2.45, 2.75) is 25.8 Å². The van der Waals surface area contributed by atoms with Crippen LogP contribution in [-0.2, 0) is 0 Å². The average Bonchev–Trinajstić information content (AvgIpc) is 3.21. The zero-order chi connectivity index (χ0) is 16.2. The Kier molecular flexibility index (Phi) is 5.20. The zero-order valence-electron chi connectivity index (χ0n) is 14.6. The normalized spacial score (nSPS) is 30.0. The van der Waals surface area contributed by atoms with Gasteiger partial charge in [0.1, 0.15) is 0 Å². The van der Waals surface area contributed by atoms with Crippen molar-refractivity contribution in [2.75, 3.05) is 46.8 Å². The van der Waals surface area contributed by atoms with Gasteiger partial charge in [-0.3, -0.25) is 4.99 Å². The van der Waals surface area contributed by atoms with Crippen molar-refractivity contribution < 1.29 is 0 Å². The molecule has 1 N–H and O–H groups in total. The predicted octanol–water partition coefficient (Wildman–Crippen LogP) is 1.29. The van der Waals surface area contributed by atoms with Crippen molar-refractivity contribution in [1.29, 1.82) is 0 Å². The number of nitrogens with zero attached hydrogens (tertiary/aromatic N) is 5. The van der Waals surface area contributed by atoms with Crippen molar-refractivity contribution in [3.63, 3.8) is 0 Å². The van der Waals surface area contributed by atoms with Gasteiger partial charge in [0.25, 0.3) is 0 Å². The number of aromatic nitrogens is 2.